The van der Waals surface area contributed by atoms with Crippen molar-refractivity contribution in [3.8, 4) is 11.3 Å². The van der Waals surface area contributed by atoms with Crippen molar-refractivity contribution in [3.63, 3.8) is 0 Å². The lowest BCUT2D eigenvalue weighted by Gasteiger charge is -2.04. The van der Waals surface area contributed by atoms with Crippen LogP contribution in [0.25, 0.3) is 11.3 Å². The van der Waals surface area contributed by atoms with Crippen LogP contribution < -0.4 is 0 Å². The van der Waals surface area contributed by atoms with Crippen molar-refractivity contribution in [1.29, 1.82) is 0 Å². The molecule has 0 N–H and O–H groups in total. The molecule has 0 saturated carbocycles. The van der Waals surface area contributed by atoms with Crippen molar-refractivity contribution in [2.24, 2.45) is 0 Å². The lowest BCUT2D eigenvalue weighted by Crippen LogP contribution is -2.05. The van der Waals surface area contributed by atoms with Crippen molar-refractivity contribution in [2.75, 3.05) is 0 Å². The average Bonchev–Trinajstić information content (AvgIpc) is 2.96. The van der Waals surface area contributed by atoms with Crippen molar-refractivity contribution >= 4 is 9.84 Å². The Morgan fingerprint density at radius 1 is 0.905 bits per heavy atom. The van der Waals surface area contributed by atoms with Gasteiger partial charge in [0.05, 0.1) is 10.6 Å². The van der Waals surface area contributed by atoms with Crippen LogP contribution in [-0.4, -0.2) is 13.6 Å². The molecule has 0 saturated heterocycles. The highest BCUT2D eigenvalue weighted by Gasteiger charge is 2.20. The van der Waals surface area contributed by atoms with E-state index in [9.17, 15) is 8.42 Å². The highest BCUT2D eigenvalue weighted by molar-refractivity contribution is 7.90. The van der Waals surface area contributed by atoms with E-state index >= 15 is 0 Å². The van der Waals surface area contributed by atoms with E-state index in [0.29, 0.717) is 16.2 Å². The van der Waals surface area contributed by atoms with Crippen LogP contribution in [0, 0.1) is 0 Å². The first kappa shape index (κ1) is 13.6. The molecule has 21 heavy (non-hydrogen) atoms. The molecular weight excluding hydrogens is 286 g/mol. The highest BCUT2D eigenvalue weighted by atomic mass is 32.2. The van der Waals surface area contributed by atoms with Crippen LogP contribution in [0.5, 0.6) is 0 Å². The molecule has 0 unspecified atom stereocenters. The monoisotopic (exact) mass is 299 g/mol. The molecule has 3 rings (SSSR count). The first-order valence-corrected chi connectivity index (χ1v) is 8.08. The van der Waals surface area contributed by atoms with Crippen LogP contribution in [0.3, 0.4) is 0 Å². The van der Waals surface area contributed by atoms with Gasteiger partial charge in [-0.2, -0.15) is 0 Å². The van der Waals surface area contributed by atoms with E-state index < -0.39 is 9.84 Å². The fourth-order valence-corrected chi connectivity index (χ4v) is 3.46. The quantitative estimate of drug-likeness (QED) is 0.741. The Balaban J connectivity index is 1.96. The minimum Gasteiger partial charge on any atom is -0.364 e. The van der Waals surface area contributed by atoms with Crippen molar-refractivity contribution in [3.05, 3.63) is 72.5 Å². The lowest BCUT2D eigenvalue weighted by atomic mass is 10.1. The van der Waals surface area contributed by atoms with Gasteiger partial charge < -0.3 is 4.52 Å². The largest absolute Gasteiger partial charge is 0.364 e. The Hall–Kier alpha value is -2.40. The molecule has 0 aliphatic heterocycles. The van der Waals surface area contributed by atoms with Crippen LogP contribution in [0.1, 0.15) is 5.56 Å². The summed E-state index contributed by atoms with van der Waals surface area (Å²) in [6, 6.07) is 17.8. The van der Waals surface area contributed by atoms with Gasteiger partial charge in [0.15, 0.2) is 9.84 Å². The first-order valence-electron chi connectivity index (χ1n) is 6.43. The minimum absolute atomic E-state index is 0.134. The van der Waals surface area contributed by atoms with Gasteiger partial charge in [-0.3, -0.25) is 0 Å². The van der Waals surface area contributed by atoms with E-state index in [0.717, 1.165) is 5.56 Å². The van der Waals surface area contributed by atoms with Gasteiger partial charge in [0, 0.05) is 11.1 Å². The molecule has 0 spiro atoms. The van der Waals surface area contributed by atoms with Crippen molar-refractivity contribution in [2.45, 2.75) is 10.6 Å². The normalized spacial score (nSPS) is 11.4. The van der Waals surface area contributed by atoms with Crippen LogP contribution in [-0.2, 0) is 15.6 Å². The molecule has 106 valence electrons. The summed E-state index contributed by atoms with van der Waals surface area (Å²) < 4.78 is 29.8. The molecular formula is C16H13NO3S. The van der Waals surface area contributed by atoms with Gasteiger partial charge in [0.2, 0.25) is 0 Å². The molecule has 0 bridgehead atoms. The molecule has 0 aliphatic carbocycles. The van der Waals surface area contributed by atoms with Gasteiger partial charge >= 0.3 is 0 Å². The summed E-state index contributed by atoms with van der Waals surface area (Å²) >= 11 is 0. The maximum Gasteiger partial charge on any atom is 0.182 e. The standard InChI is InChI=1S/C16H13NO3S/c18-21(19,15-9-5-2-6-10-15)12-14-11-20-17-16(14)13-7-3-1-4-8-13/h1-11H,12H2. The van der Waals surface area contributed by atoms with Gasteiger partial charge in [0.25, 0.3) is 0 Å². The SMILES string of the molecule is O=S(=O)(Cc1conc1-c1ccccc1)c1ccccc1. The summed E-state index contributed by atoms with van der Waals surface area (Å²) in [6.45, 7) is 0. The molecule has 1 heterocycles. The third kappa shape index (κ3) is 2.87. The molecule has 1 aromatic heterocycles. The molecule has 2 aromatic carbocycles. The van der Waals surface area contributed by atoms with E-state index in [2.05, 4.69) is 5.16 Å². The Bertz CT molecular complexity index is 824. The highest BCUT2D eigenvalue weighted by Crippen LogP contribution is 2.25. The summed E-state index contributed by atoms with van der Waals surface area (Å²) in [5.41, 5.74) is 1.96. The van der Waals surface area contributed by atoms with Gasteiger partial charge in [-0.1, -0.05) is 53.7 Å². The summed E-state index contributed by atoms with van der Waals surface area (Å²) in [4.78, 5) is 0.296. The van der Waals surface area contributed by atoms with E-state index in [-0.39, 0.29) is 5.75 Å². The van der Waals surface area contributed by atoms with Crippen molar-refractivity contribution in [1.82, 2.24) is 5.16 Å². The molecule has 3 aromatic rings. The Labute approximate surface area is 123 Å². The Kier molecular flexibility index (Phi) is 3.58. The van der Waals surface area contributed by atoms with E-state index in [4.69, 9.17) is 4.52 Å². The number of rotatable bonds is 4. The predicted molar refractivity (Wildman–Crippen MR) is 79.3 cm³/mol. The molecule has 0 atom stereocenters. The fraction of sp³-hybridized carbons (Fsp3) is 0.0625. The Morgan fingerprint density at radius 2 is 1.52 bits per heavy atom. The first-order chi connectivity index (χ1) is 10.2. The maximum absolute atomic E-state index is 12.4. The van der Waals surface area contributed by atoms with Crippen LogP contribution in [0.4, 0.5) is 0 Å². The molecule has 0 amide bonds. The average molecular weight is 299 g/mol. The lowest BCUT2D eigenvalue weighted by molar-refractivity contribution is 0.421. The smallest absolute Gasteiger partial charge is 0.182 e. The topological polar surface area (TPSA) is 60.2 Å². The van der Waals surface area contributed by atoms with Crippen LogP contribution in [0.2, 0.25) is 0 Å². The Morgan fingerprint density at radius 3 is 2.19 bits per heavy atom. The second-order valence-electron chi connectivity index (χ2n) is 4.63. The van der Waals surface area contributed by atoms with E-state index in [1.807, 2.05) is 30.3 Å². The summed E-state index contributed by atoms with van der Waals surface area (Å²) in [5.74, 6) is -0.134. The zero-order valence-corrected chi connectivity index (χ0v) is 12.0. The maximum atomic E-state index is 12.4. The zero-order valence-electron chi connectivity index (χ0n) is 11.1. The third-order valence-electron chi connectivity index (χ3n) is 3.14. The van der Waals surface area contributed by atoms with E-state index in [1.54, 1.807) is 30.3 Å². The molecule has 0 radical (unpaired) electrons. The second kappa shape index (κ2) is 5.54. The van der Waals surface area contributed by atoms with Gasteiger partial charge in [-0.15, -0.1) is 0 Å². The number of sulfone groups is 1. The summed E-state index contributed by atoms with van der Waals surface area (Å²) in [7, 11) is -3.41. The predicted octanol–water partition coefficient (Wildman–Crippen LogP) is 3.32. The van der Waals surface area contributed by atoms with Crippen molar-refractivity contribution < 1.29 is 12.9 Å². The number of benzene rings is 2. The number of nitrogens with zero attached hydrogens (tertiary/aromatic N) is 1. The number of aromatic nitrogens is 1. The fourth-order valence-electron chi connectivity index (χ4n) is 2.11. The van der Waals surface area contributed by atoms with Gasteiger partial charge in [-0.05, 0) is 12.1 Å². The molecule has 0 fully saturated rings. The second-order valence-corrected chi connectivity index (χ2v) is 6.62. The van der Waals surface area contributed by atoms with E-state index in [1.165, 1.54) is 6.26 Å². The zero-order chi connectivity index (χ0) is 14.7. The summed E-state index contributed by atoms with van der Waals surface area (Å²) in [6.07, 6.45) is 1.39. The number of hydrogen-bond acceptors (Lipinski definition) is 4. The molecule has 0 aliphatic rings. The number of hydrogen-bond donors (Lipinski definition) is 0. The molecule has 4 nitrogen and oxygen atoms in total. The van der Waals surface area contributed by atoms with Gasteiger partial charge in [-0.25, -0.2) is 8.42 Å². The molecule has 5 heteroatoms. The minimum atomic E-state index is -3.41. The summed E-state index contributed by atoms with van der Waals surface area (Å²) in [5, 5.41) is 3.92. The third-order valence-corrected chi connectivity index (χ3v) is 4.82. The van der Waals surface area contributed by atoms with Gasteiger partial charge in [0.1, 0.15) is 12.0 Å². The van der Waals surface area contributed by atoms with Crippen LogP contribution >= 0.6 is 0 Å². The van der Waals surface area contributed by atoms with Crippen LogP contribution in [0.15, 0.2) is 76.3 Å².